The summed E-state index contributed by atoms with van der Waals surface area (Å²) in [6.45, 7) is 0.318. The van der Waals surface area contributed by atoms with Crippen molar-refractivity contribution in [2.24, 2.45) is 5.92 Å². The lowest BCUT2D eigenvalue weighted by Gasteiger charge is -2.19. The quantitative estimate of drug-likeness (QED) is 0.762. The summed E-state index contributed by atoms with van der Waals surface area (Å²) < 4.78 is 13.1. The molecule has 0 saturated carbocycles. The van der Waals surface area contributed by atoms with Crippen LogP contribution in [0.3, 0.4) is 0 Å². The zero-order valence-corrected chi connectivity index (χ0v) is 14.5. The number of nitrogens with one attached hydrogen (secondary N) is 1. The number of halogens is 1. The Hall–Kier alpha value is -3.22. The predicted molar refractivity (Wildman–Crippen MR) is 96.6 cm³/mol. The lowest BCUT2D eigenvalue weighted by molar-refractivity contribution is -0.143. The van der Waals surface area contributed by atoms with E-state index in [9.17, 15) is 23.9 Å². The van der Waals surface area contributed by atoms with Crippen LogP contribution in [0.25, 0.3) is 0 Å². The summed E-state index contributed by atoms with van der Waals surface area (Å²) in [6, 6.07) is 13.3. The normalized spacial score (nSPS) is 17.6. The van der Waals surface area contributed by atoms with Crippen molar-refractivity contribution in [3.8, 4) is 0 Å². The second kappa shape index (κ2) is 7.99. The average Bonchev–Trinajstić information content (AvgIpc) is 3.04. The number of carboxylic acid groups (broad SMARTS) is 1. The van der Waals surface area contributed by atoms with E-state index in [1.807, 2.05) is 6.07 Å². The van der Waals surface area contributed by atoms with Gasteiger partial charge in [0.1, 0.15) is 17.8 Å². The Morgan fingerprint density at radius 1 is 1.15 bits per heavy atom. The van der Waals surface area contributed by atoms with Gasteiger partial charge in [-0.05, 0) is 36.2 Å². The van der Waals surface area contributed by atoms with E-state index in [2.05, 4.69) is 5.32 Å². The summed E-state index contributed by atoms with van der Waals surface area (Å²) >= 11 is 0. The largest absolute Gasteiger partial charge is 0.480 e. The molecule has 0 radical (unpaired) electrons. The van der Waals surface area contributed by atoms with Crippen LogP contribution in [0.5, 0.6) is 0 Å². The van der Waals surface area contributed by atoms with Crippen LogP contribution in [-0.4, -0.2) is 35.5 Å². The van der Waals surface area contributed by atoms with Gasteiger partial charge in [-0.15, -0.1) is 0 Å². The number of nitrogens with zero attached hydrogens (tertiary/aromatic N) is 1. The number of rotatable bonds is 6. The maximum atomic E-state index is 13.1. The number of anilines is 1. The third kappa shape index (κ3) is 4.31. The molecule has 0 aromatic heterocycles. The van der Waals surface area contributed by atoms with E-state index < -0.39 is 35.6 Å². The second-order valence-electron chi connectivity index (χ2n) is 6.40. The Balaban J connectivity index is 1.67. The fourth-order valence-corrected chi connectivity index (χ4v) is 3.12. The molecule has 6 nitrogen and oxygen atoms in total. The van der Waals surface area contributed by atoms with Gasteiger partial charge in [0.05, 0.1) is 0 Å². The SMILES string of the molecule is O=C(O)C(Cc1ccccc1)NC(=O)C1CCN(c2ccc(F)cc2)C1=O. The van der Waals surface area contributed by atoms with E-state index in [0.29, 0.717) is 12.2 Å². The van der Waals surface area contributed by atoms with E-state index in [0.717, 1.165) is 5.56 Å². The maximum Gasteiger partial charge on any atom is 0.326 e. The Kier molecular flexibility index (Phi) is 5.49. The van der Waals surface area contributed by atoms with Crippen molar-refractivity contribution in [1.29, 1.82) is 0 Å². The molecular formula is C20H19FN2O4. The van der Waals surface area contributed by atoms with Crippen molar-refractivity contribution in [1.82, 2.24) is 5.32 Å². The number of carbonyl (C=O) groups excluding carboxylic acids is 2. The highest BCUT2D eigenvalue weighted by Gasteiger charge is 2.38. The van der Waals surface area contributed by atoms with Crippen LogP contribution in [0.15, 0.2) is 54.6 Å². The molecule has 3 rings (SSSR count). The van der Waals surface area contributed by atoms with Crippen molar-refractivity contribution in [2.45, 2.75) is 18.9 Å². The number of carboxylic acids is 1. The topological polar surface area (TPSA) is 86.7 Å². The van der Waals surface area contributed by atoms with Gasteiger partial charge in [0.25, 0.3) is 0 Å². The first kappa shape index (κ1) is 18.6. The molecule has 2 amide bonds. The van der Waals surface area contributed by atoms with Gasteiger partial charge in [-0.25, -0.2) is 9.18 Å². The molecule has 2 N–H and O–H groups in total. The van der Waals surface area contributed by atoms with Crippen molar-refractivity contribution in [2.75, 3.05) is 11.4 Å². The highest BCUT2D eigenvalue weighted by molar-refractivity contribution is 6.10. The van der Waals surface area contributed by atoms with Gasteiger partial charge in [-0.1, -0.05) is 30.3 Å². The molecule has 2 atom stereocenters. The van der Waals surface area contributed by atoms with E-state index in [-0.39, 0.29) is 12.8 Å². The Morgan fingerprint density at radius 3 is 2.44 bits per heavy atom. The smallest absolute Gasteiger partial charge is 0.326 e. The zero-order valence-electron chi connectivity index (χ0n) is 14.5. The fraction of sp³-hybridized carbons (Fsp3) is 0.250. The van der Waals surface area contributed by atoms with Crippen molar-refractivity contribution >= 4 is 23.5 Å². The summed E-state index contributed by atoms with van der Waals surface area (Å²) in [6.07, 6.45) is 0.407. The van der Waals surface area contributed by atoms with Gasteiger partial charge in [-0.3, -0.25) is 9.59 Å². The average molecular weight is 370 g/mol. The first-order chi connectivity index (χ1) is 13.0. The molecule has 2 aromatic carbocycles. The monoisotopic (exact) mass is 370 g/mol. The summed E-state index contributed by atoms with van der Waals surface area (Å²) in [5.74, 6) is -3.54. The maximum absolute atomic E-state index is 13.1. The molecule has 140 valence electrons. The highest BCUT2D eigenvalue weighted by atomic mass is 19.1. The number of carbonyl (C=O) groups is 3. The Bertz CT molecular complexity index is 839. The Morgan fingerprint density at radius 2 is 1.81 bits per heavy atom. The molecule has 1 fully saturated rings. The molecule has 1 aliphatic heterocycles. The fourth-order valence-electron chi connectivity index (χ4n) is 3.12. The van der Waals surface area contributed by atoms with Crippen molar-refractivity contribution < 1.29 is 23.9 Å². The summed E-state index contributed by atoms with van der Waals surface area (Å²) in [5, 5.41) is 11.9. The van der Waals surface area contributed by atoms with Crippen LogP contribution >= 0.6 is 0 Å². The lowest BCUT2D eigenvalue weighted by atomic mass is 10.0. The van der Waals surface area contributed by atoms with Crippen LogP contribution in [0.4, 0.5) is 10.1 Å². The minimum Gasteiger partial charge on any atom is -0.480 e. The number of amides is 2. The first-order valence-corrected chi connectivity index (χ1v) is 8.60. The van der Waals surface area contributed by atoms with Gasteiger partial charge in [0, 0.05) is 18.7 Å². The molecular weight excluding hydrogens is 351 g/mol. The number of hydrogen-bond acceptors (Lipinski definition) is 3. The molecule has 2 aromatic rings. The molecule has 1 aliphatic rings. The molecule has 0 spiro atoms. The third-order valence-electron chi connectivity index (χ3n) is 4.56. The van der Waals surface area contributed by atoms with Crippen LogP contribution in [0, 0.1) is 11.7 Å². The highest BCUT2D eigenvalue weighted by Crippen LogP contribution is 2.25. The van der Waals surface area contributed by atoms with Crippen LogP contribution in [-0.2, 0) is 20.8 Å². The Labute approximate surface area is 155 Å². The predicted octanol–water partition coefficient (Wildman–Crippen LogP) is 1.99. The second-order valence-corrected chi connectivity index (χ2v) is 6.40. The van der Waals surface area contributed by atoms with E-state index in [4.69, 9.17) is 0 Å². The molecule has 2 unspecified atom stereocenters. The summed E-state index contributed by atoms with van der Waals surface area (Å²) in [5.41, 5.74) is 1.28. The van der Waals surface area contributed by atoms with Gasteiger partial charge in [-0.2, -0.15) is 0 Å². The van der Waals surface area contributed by atoms with E-state index in [1.54, 1.807) is 24.3 Å². The van der Waals surface area contributed by atoms with Gasteiger partial charge >= 0.3 is 5.97 Å². The van der Waals surface area contributed by atoms with Crippen molar-refractivity contribution in [3.63, 3.8) is 0 Å². The molecule has 1 saturated heterocycles. The van der Waals surface area contributed by atoms with Gasteiger partial charge in [0.15, 0.2) is 0 Å². The molecule has 0 bridgehead atoms. The van der Waals surface area contributed by atoms with Crippen LogP contribution in [0.1, 0.15) is 12.0 Å². The number of hydrogen-bond donors (Lipinski definition) is 2. The minimum absolute atomic E-state index is 0.129. The molecule has 7 heteroatoms. The van der Waals surface area contributed by atoms with Crippen LogP contribution in [0.2, 0.25) is 0 Å². The minimum atomic E-state index is -1.16. The van der Waals surface area contributed by atoms with Crippen LogP contribution < -0.4 is 10.2 Å². The molecule has 0 aliphatic carbocycles. The lowest BCUT2D eigenvalue weighted by Crippen LogP contribution is -2.46. The summed E-state index contributed by atoms with van der Waals surface area (Å²) in [4.78, 5) is 38.0. The molecule has 1 heterocycles. The van der Waals surface area contributed by atoms with Gasteiger partial charge in [0.2, 0.25) is 11.8 Å². The van der Waals surface area contributed by atoms with E-state index in [1.165, 1.54) is 29.2 Å². The van der Waals surface area contributed by atoms with Crippen molar-refractivity contribution in [3.05, 3.63) is 66.0 Å². The first-order valence-electron chi connectivity index (χ1n) is 8.60. The number of benzene rings is 2. The van der Waals surface area contributed by atoms with Gasteiger partial charge < -0.3 is 15.3 Å². The number of aliphatic carboxylic acids is 1. The zero-order chi connectivity index (χ0) is 19.4. The van der Waals surface area contributed by atoms with E-state index >= 15 is 0 Å². The summed E-state index contributed by atoms with van der Waals surface area (Å²) in [7, 11) is 0. The standard InChI is InChI=1S/C20H19FN2O4/c21-14-6-8-15(9-7-14)23-11-10-16(19(23)25)18(24)22-17(20(26)27)12-13-4-2-1-3-5-13/h1-9,16-17H,10-12H2,(H,22,24)(H,26,27). The third-order valence-corrected chi connectivity index (χ3v) is 4.56. The molecule has 27 heavy (non-hydrogen) atoms.